The lowest BCUT2D eigenvalue weighted by Gasteiger charge is -2.08. The maximum Gasteiger partial charge on any atom is 0.165 e. The van der Waals surface area contributed by atoms with Gasteiger partial charge in [0.2, 0.25) is 0 Å². The summed E-state index contributed by atoms with van der Waals surface area (Å²) in [6.45, 7) is 9.83. The van der Waals surface area contributed by atoms with Crippen molar-refractivity contribution in [2.75, 3.05) is 0 Å². The number of carbonyl (C=O) groups excluding carboxylic acids is 1. The highest BCUT2D eigenvalue weighted by Crippen LogP contribution is 2.24. The lowest BCUT2D eigenvalue weighted by Crippen LogP contribution is -2.09. The van der Waals surface area contributed by atoms with E-state index in [4.69, 9.17) is 12.2 Å². The van der Waals surface area contributed by atoms with Crippen molar-refractivity contribution in [2.24, 2.45) is 20.0 Å². The zero-order chi connectivity index (χ0) is 27.4. The van der Waals surface area contributed by atoms with E-state index in [9.17, 15) is 15.0 Å². The molecule has 4 rings (SSSR count). The number of aliphatic hydroxyl groups excluding tert-OH is 2. The van der Waals surface area contributed by atoms with Crippen LogP contribution in [0.5, 0.6) is 0 Å². The molecule has 0 aliphatic carbocycles. The average molecular weight is 523 g/mol. The minimum atomic E-state index is -0.0995. The van der Waals surface area contributed by atoms with Crippen molar-refractivity contribution in [1.82, 2.24) is 19.1 Å². The number of ketones is 1. The molecule has 2 aromatic heterocycles. The standard InChI is InChI=1S/C15H20N2OS.C14H18N2O2/c1-4-5-6-14(19)11-8-12-13(7-10(11)2)17(3)15(9-18)16-12;1-8(2)14(18)10-6-11-12(5-9(10)3)16(4)13(7-17)15-11/h7-8,18H,4-6,9H2,1-3H3;5-6,8,17H,7H2,1-4H3. The van der Waals surface area contributed by atoms with Gasteiger partial charge in [0.1, 0.15) is 24.9 Å². The number of hydrogen-bond acceptors (Lipinski definition) is 6. The molecule has 4 aromatic rings. The Morgan fingerprint density at radius 2 is 1.35 bits per heavy atom. The van der Waals surface area contributed by atoms with Crippen molar-refractivity contribution in [1.29, 1.82) is 0 Å². The average Bonchev–Trinajstić information content (AvgIpc) is 3.36. The van der Waals surface area contributed by atoms with Crippen molar-refractivity contribution >= 4 is 44.9 Å². The first-order valence-corrected chi connectivity index (χ1v) is 13.2. The summed E-state index contributed by atoms with van der Waals surface area (Å²) < 4.78 is 3.78. The Bertz CT molecular complexity index is 1450. The van der Waals surface area contributed by atoms with Crippen molar-refractivity contribution in [3.8, 4) is 0 Å². The number of benzene rings is 2. The first-order chi connectivity index (χ1) is 17.5. The summed E-state index contributed by atoms with van der Waals surface area (Å²) in [5.41, 5.74) is 7.64. The normalized spacial score (nSPS) is 11.3. The van der Waals surface area contributed by atoms with Gasteiger partial charge in [-0.05, 0) is 67.6 Å². The summed E-state index contributed by atoms with van der Waals surface area (Å²) in [6.07, 6.45) is 3.23. The lowest BCUT2D eigenvalue weighted by molar-refractivity contribution is 0.0939. The zero-order valence-corrected chi connectivity index (χ0v) is 23.7. The minimum absolute atomic E-state index is 0.0258. The van der Waals surface area contributed by atoms with Gasteiger partial charge < -0.3 is 19.3 Å². The lowest BCUT2D eigenvalue weighted by atomic mass is 9.96. The number of unbranched alkanes of at least 4 members (excludes halogenated alkanes) is 1. The summed E-state index contributed by atoms with van der Waals surface area (Å²) in [7, 11) is 3.79. The van der Waals surface area contributed by atoms with Crippen LogP contribution >= 0.6 is 12.2 Å². The highest BCUT2D eigenvalue weighted by Gasteiger charge is 2.16. The molecule has 2 N–H and O–H groups in total. The Morgan fingerprint density at radius 1 is 0.892 bits per heavy atom. The molecular weight excluding hydrogens is 484 g/mol. The predicted octanol–water partition coefficient (Wildman–Crippen LogP) is 5.49. The highest BCUT2D eigenvalue weighted by molar-refractivity contribution is 7.80. The third kappa shape index (κ3) is 5.98. The predicted molar refractivity (Wildman–Crippen MR) is 153 cm³/mol. The van der Waals surface area contributed by atoms with Gasteiger partial charge in [-0.1, -0.05) is 39.4 Å². The molecule has 0 aliphatic rings. The van der Waals surface area contributed by atoms with E-state index >= 15 is 0 Å². The number of carbonyl (C=O) groups is 1. The Morgan fingerprint density at radius 3 is 1.78 bits per heavy atom. The van der Waals surface area contributed by atoms with E-state index in [0.717, 1.165) is 62.9 Å². The first-order valence-electron chi connectivity index (χ1n) is 12.7. The number of aryl methyl sites for hydroxylation is 4. The molecule has 0 radical (unpaired) electrons. The smallest absolute Gasteiger partial charge is 0.165 e. The van der Waals surface area contributed by atoms with E-state index in [1.807, 2.05) is 56.1 Å². The summed E-state index contributed by atoms with van der Waals surface area (Å²) >= 11 is 5.52. The van der Waals surface area contributed by atoms with E-state index in [-0.39, 0.29) is 24.9 Å². The number of aromatic nitrogens is 4. The molecule has 0 aliphatic heterocycles. The molecule has 2 heterocycles. The third-order valence-corrected chi connectivity index (χ3v) is 7.19. The van der Waals surface area contributed by atoms with E-state index in [2.05, 4.69) is 35.9 Å². The van der Waals surface area contributed by atoms with Gasteiger partial charge in [-0.15, -0.1) is 0 Å². The fourth-order valence-corrected chi connectivity index (χ4v) is 4.78. The van der Waals surface area contributed by atoms with Crippen LogP contribution in [0.2, 0.25) is 0 Å². The second kappa shape index (κ2) is 12.1. The Balaban J connectivity index is 0.000000206. The van der Waals surface area contributed by atoms with Crippen molar-refractivity contribution in [3.63, 3.8) is 0 Å². The van der Waals surface area contributed by atoms with E-state index in [1.54, 1.807) is 0 Å². The molecule has 37 heavy (non-hydrogen) atoms. The monoisotopic (exact) mass is 522 g/mol. The second-order valence-electron chi connectivity index (χ2n) is 9.85. The van der Waals surface area contributed by atoms with Crippen LogP contribution in [0, 0.1) is 19.8 Å². The van der Waals surface area contributed by atoms with Crippen LogP contribution in [0.1, 0.15) is 78.7 Å². The molecule has 0 bridgehead atoms. The van der Waals surface area contributed by atoms with Gasteiger partial charge in [-0.2, -0.15) is 0 Å². The second-order valence-corrected chi connectivity index (χ2v) is 10.3. The molecule has 0 unspecified atom stereocenters. The maximum atomic E-state index is 12.1. The molecule has 8 heteroatoms. The van der Waals surface area contributed by atoms with Crippen LogP contribution in [0.3, 0.4) is 0 Å². The summed E-state index contributed by atoms with van der Waals surface area (Å²) in [4.78, 5) is 21.9. The van der Waals surface area contributed by atoms with Gasteiger partial charge in [-0.3, -0.25) is 4.79 Å². The number of fused-ring (bicyclic) bond motifs is 2. The molecule has 198 valence electrons. The van der Waals surface area contributed by atoms with Gasteiger partial charge in [0.05, 0.1) is 22.1 Å². The molecule has 0 saturated carbocycles. The maximum absolute atomic E-state index is 12.1. The molecule has 0 spiro atoms. The van der Waals surface area contributed by atoms with Gasteiger partial charge in [0.25, 0.3) is 0 Å². The summed E-state index contributed by atoms with van der Waals surface area (Å²) in [6, 6.07) is 7.94. The van der Waals surface area contributed by atoms with Gasteiger partial charge in [0, 0.05) is 30.4 Å². The van der Waals surface area contributed by atoms with Gasteiger partial charge >= 0.3 is 0 Å². The highest BCUT2D eigenvalue weighted by atomic mass is 32.1. The zero-order valence-electron chi connectivity index (χ0n) is 22.9. The molecular formula is C29H38N4O3S. The van der Waals surface area contributed by atoms with Crippen LogP contribution < -0.4 is 0 Å². The number of Topliss-reactive ketones (excluding diaryl/α,β-unsaturated/α-hetero) is 1. The quantitative estimate of drug-likeness (QED) is 0.235. The topological polar surface area (TPSA) is 93.2 Å². The number of nitrogens with zero attached hydrogens (tertiary/aromatic N) is 4. The number of thiocarbonyl (C=S) groups is 1. The summed E-state index contributed by atoms with van der Waals surface area (Å²) in [5.74, 6) is 1.40. The third-order valence-electron chi connectivity index (χ3n) is 6.77. The number of aliphatic hydroxyl groups is 2. The number of rotatable bonds is 8. The van der Waals surface area contributed by atoms with Crippen LogP contribution in [0.25, 0.3) is 22.1 Å². The number of hydrogen-bond donors (Lipinski definition) is 2. The van der Waals surface area contributed by atoms with Crippen molar-refractivity contribution in [3.05, 3.63) is 58.2 Å². The molecule has 0 fully saturated rings. The SMILES string of the molecule is CCCCC(=S)c1cc2nc(CO)n(C)c2cc1C.Cc1cc2c(cc1C(=O)C(C)C)nc(CO)n2C. The van der Waals surface area contributed by atoms with E-state index < -0.39 is 0 Å². The molecule has 7 nitrogen and oxygen atoms in total. The van der Waals surface area contributed by atoms with Crippen LogP contribution in [-0.2, 0) is 27.3 Å². The minimum Gasteiger partial charge on any atom is -0.388 e. The first kappa shape index (κ1) is 28.6. The van der Waals surface area contributed by atoms with Crippen LogP contribution in [0.4, 0.5) is 0 Å². The molecule has 0 amide bonds. The number of imidazole rings is 2. The Kier molecular flexibility index (Phi) is 9.34. The molecule has 2 aromatic carbocycles. The Hall–Kier alpha value is -2.94. The van der Waals surface area contributed by atoms with Gasteiger partial charge in [-0.25, -0.2) is 9.97 Å². The van der Waals surface area contributed by atoms with E-state index in [0.29, 0.717) is 11.6 Å². The van der Waals surface area contributed by atoms with E-state index in [1.165, 1.54) is 5.56 Å². The van der Waals surface area contributed by atoms with Crippen LogP contribution in [0.15, 0.2) is 24.3 Å². The largest absolute Gasteiger partial charge is 0.388 e. The molecule has 0 atom stereocenters. The Labute approximate surface area is 224 Å². The fraction of sp³-hybridized carbons (Fsp3) is 0.448. The van der Waals surface area contributed by atoms with Crippen molar-refractivity contribution < 1.29 is 15.0 Å². The fourth-order valence-electron chi connectivity index (χ4n) is 4.42. The van der Waals surface area contributed by atoms with Gasteiger partial charge in [0.15, 0.2) is 5.78 Å². The van der Waals surface area contributed by atoms with Crippen LogP contribution in [-0.4, -0.2) is 40.0 Å². The molecule has 0 saturated heterocycles. The van der Waals surface area contributed by atoms with Crippen molar-refractivity contribution in [2.45, 2.75) is 67.1 Å². The summed E-state index contributed by atoms with van der Waals surface area (Å²) in [5, 5.41) is 18.5.